The van der Waals surface area contributed by atoms with Crippen LogP contribution in [0.2, 0.25) is 0 Å². The Hall–Kier alpha value is -1.93. The fourth-order valence-electron chi connectivity index (χ4n) is 3.28. The standard InChI is InChI=1S/C20H27F3N6O2.HI/c1-24-19(26-16-7-8-18-27-17(12-30-2)28-29(18)10-16)25-9-14-3-5-15(6-4-14)11-31-13-20(21,22)23;/h3-6,16H,7-13H2,1-2H3,(H2,24,25,26);1H. The molecule has 0 spiro atoms. The number of benzene rings is 1. The fraction of sp³-hybridized carbons (Fsp3) is 0.550. The Morgan fingerprint density at radius 3 is 2.59 bits per heavy atom. The van der Waals surface area contributed by atoms with Crippen LogP contribution >= 0.6 is 24.0 Å². The first-order chi connectivity index (χ1) is 14.9. The average molecular weight is 568 g/mol. The maximum Gasteiger partial charge on any atom is 0.411 e. The predicted octanol–water partition coefficient (Wildman–Crippen LogP) is 2.80. The van der Waals surface area contributed by atoms with Gasteiger partial charge in [-0.25, -0.2) is 9.67 Å². The van der Waals surface area contributed by atoms with Crippen LogP contribution in [0, 0.1) is 0 Å². The van der Waals surface area contributed by atoms with Crippen LogP contribution < -0.4 is 10.6 Å². The first-order valence-corrected chi connectivity index (χ1v) is 9.97. The van der Waals surface area contributed by atoms with E-state index in [0.29, 0.717) is 37.0 Å². The molecule has 2 aromatic rings. The van der Waals surface area contributed by atoms with E-state index in [1.54, 1.807) is 26.3 Å². The molecule has 1 aromatic heterocycles. The highest BCUT2D eigenvalue weighted by Crippen LogP contribution is 2.16. The van der Waals surface area contributed by atoms with Gasteiger partial charge in [-0.3, -0.25) is 4.99 Å². The predicted molar refractivity (Wildman–Crippen MR) is 124 cm³/mol. The van der Waals surface area contributed by atoms with E-state index >= 15 is 0 Å². The number of nitrogens with one attached hydrogen (secondary N) is 2. The Morgan fingerprint density at radius 2 is 1.94 bits per heavy atom. The molecule has 0 bridgehead atoms. The van der Waals surface area contributed by atoms with E-state index in [0.717, 1.165) is 24.2 Å². The van der Waals surface area contributed by atoms with Crippen molar-refractivity contribution in [3.63, 3.8) is 0 Å². The van der Waals surface area contributed by atoms with Crippen LogP contribution in [0.4, 0.5) is 13.2 Å². The molecule has 0 saturated carbocycles. The van der Waals surface area contributed by atoms with Gasteiger partial charge in [0.1, 0.15) is 19.0 Å². The Morgan fingerprint density at radius 1 is 1.22 bits per heavy atom. The van der Waals surface area contributed by atoms with Crippen LogP contribution in [-0.2, 0) is 42.2 Å². The van der Waals surface area contributed by atoms with Crippen molar-refractivity contribution >= 4 is 29.9 Å². The maximum absolute atomic E-state index is 12.1. The van der Waals surface area contributed by atoms with E-state index in [9.17, 15) is 13.2 Å². The number of fused-ring (bicyclic) bond motifs is 1. The molecule has 12 heteroatoms. The van der Waals surface area contributed by atoms with Crippen LogP contribution in [0.25, 0.3) is 0 Å². The van der Waals surface area contributed by atoms with Crippen molar-refractivity contribution in [3.8, 4) is 0 Å². The topological polar surface area (TPSA) is 85.6 Å². The fourth-order valence-corrected chi connectivity index (χ4v) is 3.28. The molecule has 2 heterocycles. The van der Waals surface area contributed by atoms with Crippen molar-refractivity contribution in [2.75, 3.05) is 20.8 Å². The van der Waals surface area contributed by atoms with Gasteiger partial charge in [0.15, 0.2) is 11.8 Å². The van der Waals surface area contributed by atoms with E-state index in [1.165, 1.54) is 0 Å². The molecule has 178 valence electrons. The van der Waals surface area contributed by atoms with E-state index < -0.39 is 12.8 Å². The minimum Gasteiger partial charge on any atom is -0.377 e. The number of hydrogen-bond acceptors (Lipinski definition) is 5. The molecule has 8 nitrogen and oxygen atoms in total. The molecule has 1 atom stereocenters. The van der Waals surface area contributed by atoms with Crippen LogP contribution in [-0.4, -0.2) is 53.7 Å². The lowest BCUT2D eigenvalue weighted by atomic mass is 10.1. The molecule has 1 aromatic carbocycles. The Balaban J connectivity index is 0.00000363. The Kier molecular flexibility index (Phi) is 10.2. The van der Waals surface area contributed by atoms with E-state index in [1.807, 2.05) is 16.8 Å². The molecule has 0 aliphatic carbocycles. The van der Waals surface area contributed by atoms with Crippen molar-refractivity contribution < 1.29 is 22.6 Å². The number of nitrogens with zero attached hydrogens (tertiary/aromatic N) is 4. The van der Waals surface area contributed by atoms with Crippen LogP contribution in [0.5, 0.6) is 0 Å². The lowest BCUT2D eigenvalue weighted by molar-refractivity contribution is -0.176. The summed E-state index contributed by atoms with van der Waals surface area (Å²) in [5, 5.41) is 11.1. The van der Waals surface area contributed by atoms with Crippen LogP contribution in [0.15, 0.2) is 29.3 Å². The quantitative estimate of drug-likeness (QED) is 0.290. The number of alkyl halides is 3. The summed E-state index contributed by atoms with van der Waals surface area (Å²) in [6.45, 7) is 0.300. The number of ether oxygens (including phenoxy) is 2. The van der Waals surface area contributed by atoms with Crippen molar-refractivity contribution in [3.05, 3.63) is 47.0 Å². The first kappa shape index (κ1) is 26.3. The second kappa shape index (κ2) is 12.3. The monoisotopic (exact) mass is 568 g/mol. The highest BCUT2D eigenvalue weighted by Gasteiger charge is 2.27. The molecule has 1 aliphatic rings. The number of rotatable bonds is 8. The smallest absolute Gasteiger partial charge is 0.377 e. The van der Waals surface area contributed by atoms with Gasteiger partial charge in [0, 0.05) is 33.2 Å². The Bertz CT molecular complexity index is 873. The zero-order valence-electron chi connectivity index (χ0n) is 18.0. The lowest BCUT2D eigenvalue weighted by Crippen LogP contribution is -2.46. The molecule has 0 radical (unpaired) electrons. The summed E-state index contributed by atoms with van der Waals surface area (Å²) in [4.78, 5) is 8.75. The van der Waals surface area contributed by atoms with Crippen LogP contribution in [0.1, 0.15) is 29.2 Å². The third-order valence-corrected chi connectivity index (χ3v) is 4.76. The summed E-state index contributed by atoms with van der Waals surface area (Å²) < 4.78 is 48.1. The van der Waals surface area contributed by atoms with Gasteiger partial charge in [-0.2, -0.15) is 18.3 Å². The van der Waals surface area contributed by atoms with Gasteiger partial charge in [-0.1, -0.05) is 24.3 Å². The summed E-state index contributed by atoms with van der Waals surface area (Å²) in [5.41, 5.74) is 1.67. The zero-order chi connectivity index (χ0) is 22.3. The van der Waals surface area contributed by atoms with Gasteiger partial charge < -0.3 is 20.1 Å². The molecule has 2 N–H and O–H groups in total. The van der Waals surface area contributed by atoms with Crippen molar-refractivity contribution in [1.82, 2.24) is 25.4 Å². The zero-order valence-corrected chi connectivity index (χ0v) is 20.3. The van der Waals surface area contributed by atoms with Crippen LogP contribution in [0.3, 0.4) is 0 Å². The second-order valence-electron chi connectivity index (χ2n) is 7.29. The molecule has 0 fully saturated rings. The third kappa shape index (κ3) is 8.20. The third-order valence-electron chi connectivity index (χ3n) is 4.76. The molecule has 0 amide bonds. The van der Waals surface area contributed by atoms with Gasteiger partial charge >= 0.3 is 6.18 Å². The van der Waals surface area contributed by atoms with E-state index in [4.69, 9.17) is 4.74 Å². The summed E-state index contributed by atoms with van der Waals surface area (Å²) in [6.07, 6.45) is -2.57. The number of aliphatic imine (C=N–C) groups is 1. The number of hydrogen-bond donors (Lipinski definition) is 2. The maximum atomic E-state index is 12.1. The van der Waals surface area contributed by atoms with Crippen molar-refractivity contribution in [2.24, 2.45) is 4.99 Å². The minimum absolute atomic E-state index is 0. The number of aromatic nitrogens is 3. The average Bonchev–Trinajstić information content (AvgIpc) is 3.13. The molecular formula is C20H28F3IN6O2. The lowest BCUT2D eigenvalue weighted by Gasteiger charge is -2.25. The van der Waals surface area contributed by atoms with Crippen molar-refractivity contribution in [1.29, 1.82) is 0 Å². The van der Waals surface area contributed by atoms with E-state index in [2.05, 4.69) is 30.4 Å². The number of methoxy groups -OCH3 is 1. The van der Waals surface area contributed by atoms with Gasteiger partial charge in [0.25, 0.3) is 0 Å². The molecule has 32 heavy (non-hydrogen) atoms. The first-order valence-electron chi connectivity index (χ1n) is 9.97. The highest BCUT2D eigenvalue weighted by molar-refractivity contribution is 14.0. The van der Waals surface area contributed by atoms with Gasteiger partial charge in [0.05, 0.1) is 13.2 Å². The molecule has 3 rings (SSSR count). The molecule has 1 unspecified atom stereocenters. The summed E-state index contributed by atoms with van der Waals surface area (Å²) in [7, 11) is 3.33. The van der Waals surface area contributed by atoms with Gasteiger partial charge in [0.2, 0.25) is 0 Å². The summed E-state index contributed by atoms with van der Waals surface area (Å²) in [6, 6.07) is 7.39. The SMILES string of the molecule is CN=C(NCc1ccc(COCC(F)(F)F)cc1)NC1CCc2nc(COC)nn2C1.I. The largest absolute Gasteiger partial charge is 0.411 e. The molecule has 0 saturated heterocycles. The van der Waals surface area contributed by atoms with Gasteiger partial charge in [-0.15, -0.1) is 24.0 Å². The molecule has 1 aliphatic heterocycles. The number of aryl methyl sites for hydroxylation is 1. The normalized spacial score (nSPS) is 16.3. The second-order valence-corrected chi connectivity index (χ2v) is 7.29. The number of halogens is 4. The summed E-state index contributed by atoms with van der Waals surface area (Å²) in [5.74, 6) is 2.32. The minimum atomic E-state index is -4.31. The van der Waals surface area contributed by atoms with Crippen molar-refractivity contribution in [2.45, 2.75) is 51.4 Å². The summed E-state index contributed by atoms with van der Waals surface area (Å²) >= 11 is 0. The highest BCUT2D eigenvalue weighted by atomic mass is 127. The van der Waals surface area contributed by atoms with Gasteiger partial charge in [-0.05, 0) is 17.5 Å². The number of guanidine groups is 1. The Labute approximate surface area is 202 Å². The molecular weight excluding hydrogens is 540 g/mol. The van der Waals surface area contributed by atoms with E-state index in [-0.39, 0.29) is 36.6 Å².